The Labute approximate surface area is 201 Å². The number of hydrogen-bond donors (Lipinski definition) is 0. The van der Waals surface area contributed by atoms with Gasteiger partial charge in [-0.1, -0.05) is 59.3 Å². The number of para-hydroxylation sites is 2. The van der Waals surface area contributed by atoms with Crippen LogP contribution >= 0.6 is 15.9 Å². The van der Waals surface area contributed by atoms with E-state index in [1.807, 2.05) is 74.5 Å². The second-order valence-electron chi connectivity index (χ2n) is 7.89. The summed E-state index contributed by atoms with van der Waals surface area (Å²) >= 11 is 3.45. The van der Waals surface area contributed by atoms with Crippen LogP contribution in [0.3, 0.4) is 0 Å². The van der Waals surface area contributed by atoms with E-state index >= 15 is 0 Å². The highest BCUT2D eigenvalue weighted by atomic mass is 79.9. The van der Waals surface area contributed by atoms with E-state index in [1.165, 1.54) is 0 Å². The molecule has 1 amide bonds. The van der Waals surface area contributed by atoms with Crippen molar-refractivity contribution in [1.82, 2.24) is 14.5 Å². The lowest BCUT2D eigenvalue weighted by atomic mass is 10.1. The molecule has 1 atom stereocenters. The predicted octanol–water partition coefficient (Wildman–Crippen LogP) is 5.93. The van der Waals surface area contributed by atoms with E-state index in [4.69, 9.17) is 4.98 Å². The number of amides is 1. The maximum atomic E-state index is 13.7. The van der Waals surface area contributed by atoms with Crippen LogP contribution < -0.4 is 5.56 Å². The summed E-state index contributed by atoms with van der Waals surface area (Å²) in [7, 11) is 0. The minimum Gasteiger partial charge on any atom is -0.329 e. The molecule has 0 N–H and O–H groups in total. The van der Waals surface area contributed by atoms with E-state index in [-0.39, 0.29) is 11.5 Å². The first-order valence-corrected chi connectivity index (χ1v) is 11.9. The molecule has 0 fully saturated rings. The Hall–Kier alpha value is -3.25. The molecule has 4 aromatic rings. The second kappa shape index (κ2) is 9.71. The Morgan fingerprint density at radius 2 is 1.76 bits per heavy atom. The molecule has 1 unspecified atom stereocenters. The molecular formula is C27H26BrN3O2. The van der Waals surface area contributed by atoms with Gasteiger partial charge in [0.05, 0.1) is 22.6 Å². The first-order chi connectivity index (χ1) is 16.0. The normalized spacial score (nSPS) is 12.0. The van der Waals surface area contributed by atoms with Gasteiger partial charge in [0.25, 0.3) is 11.5 Å². The molecule has 0 saturated heterocycles. The number of carbonyl (C=O) groups is 1. The first kappa shape index (κ1) is 22.9. The van der Waals surface area contributed by atoms with Crippen LogP contribution in [-0.4, -0.2) is 26.9 Å². The van der Waals surface area contributed by atoms with E-state index in [0.717, 1.165) is 22.1 Å². The summed E-state index contributed by atoms with van der Waals surface area (Å²) in [4.78, 5) is 33.8. The SMILES string of the molecule is CCc1ccccc1-n1c(C(C)N(CC)C(=O)c2cccc(Br)c2)nc2ccccc2c1=O. The molecule has 168 valence electrons. The van der Waals surface area contributed by atoms with Gasteiger partial charge in [0, 0.05) is 16.6 Å². The summed E-state index contributed by atoms with van der Waals surface area (Å²) in [5.74, 6) is 0.439. The van der Waals surface area contributed by atoms with Crippen molar-refractivity contribution in [2.45, 2.75) is 33.2 Å². The number of hydrogen-bond acceptors (Lipinski definition) is 3. The molecule has 33 heavy (non-hydrogen) atoms. The predicted molar refractivity (Wildman–Crippen MR) is 136 cm³/mol. The number of aromatic nitrogens is 2. The molecule has 0 spiro atoms. The molecule has 4 rings (SSSR count). The minimum atomic E-state index is -0.427. The highest BCUT2D eigenvalue weighted by Crippen LogP contribution is 2.26. The van der Waals surface area contributed by atoms with Crippen LogP contribution in [0, 0.1) is 0 Å². The van der Waals surface area contributed by atoms with Gasteiger partial charge >= 0.3 is 0 Å². The van der Waals surface area contributed by atoms with Crippen LogP contribution in [0.2, 0.25) is 0 Å². The van der Waals surface area contributed by atoms with Crippen LogP contribution in [0.1, 0.15) is 48.6 Å². The molecule has 1 heterocycles. The van der Waals surface area contributed by atoms with E-state index in [9.17, 15) is 9.59 Å². The lowest BCUT2D eigenvalue weighted by molar-refractivity contribution is 0.0693. The van der Waals surface area contributed by atoms with Gasteiger partial charge in [0.2, 0.25) is 0 Å². The number of benzene rings is 3. The van der Waals surface area contributed by atoms with Crippen molar-refractivity contribution < 1.29 is 4.79 Å². The van der Waals surface area contributed by atoms with Gasteiger partial charge in [-0.3, -0.25) is 14.2 Å². The third kappa shape index (κ3) is 4.35. The van der Waals surface area contributed by atoms with Crippen molar-refractivity contribution in [2.24, 2.45) is 0 Å². The maximum Gasteiger partial charge on any atom is 0.266 e. The first-order valence-electron chi connectivity index (χ1n) is 11.1. The maximum absolute atomic E-state index is 13.7. The number of aryl methyl sites for hydroxylation is 1. The van der Waals surface area contributed by atoms with Crippen LogP contribution in [0.4, 0.5) is 0 Å². The number of carbonyl (C=O) groups excluding carboxylic acids is 1. The molecule has 0 aliphatic rings. The van der Waals surface area contributed by atoms with Gasteiger partial charge in [-0.15, -0.1) is 0 Å². The zero-order chi connectivity index (χ0) is 23.5. The smallest absolute Gasteiger partial charge is 0.266 e. The summed E-state index contributed by atoms with van der Waals surface area (Å²) in [5, 5.41) is 0.556. The lowest BCUT2D eigenvalue weighted by Crippen LogP contribution is -2.37. The van der Waals surface area contributed by atoms with Gasteiger partial charge in [-0.25, -0.2) is 4.98 Å². The molecule has 0 bridgehead atoms. The average molecular weight is 504 g/mol. The van der Waals surface area contributed by atoms with Crippen LogP contribution in [0.25, 0.3) is 16.6 Å². The van der Waals surface area contributed by atoms with Crippen LogP contribution in [-0.2, 0) is 6.42 Å². The minimum absolute atomic E-state index is 0.107. The fourth-order valence-corrected chi connectivity index (χ4v) is 4.61. The summed E-state index contributed by atoms with van der Waals surface area (Å²) in [6, 6.07) is 22.1. The van der Waals surface area contributed by atoms with Gasteiger partial charge in [-0.2, -0.15) is 0 Å². The molecule has 0 aliphatic carbocycles. The van der Waals surface area contributed by atoms with E-state index in [0.29, 0.717) is 28.8 Å². The van der Waals surface area contributed by atoms with Crippen LogP contribution in [0.15, 0.2) is 82.1 Å². The number of fused-ring (bicyclic) bond motifs is 1. The zero-order valence-electron chi connectivity index (χ0n) is 19.0. The van der Waals surface area contributed by atoms with E-state index < -0.39 is 6.04 Å². The van der Waals surface area contributed by atoms with Gasteiger partial charge in [0.1, 0.15) is 5.82 Å². The molecule has 0 saturated carbocycles. The van der Waals surface area contributed by atoms with Crippen molar-refractivity contribution in [3.05, 3.63) is 105 Å². The summed E-state index contributed by atoms with van der Waals surface area (Å²) in [6.45, 7) is 6.41. The zero-order valence-corrected chi connectivity index (χ0v) is 20.5. The number of rotatable bonds is 6. The number of nitrogens with zero attached hydrogens (tertiary/aromatic N) is 3. The largest absolute Gasteiger partial charge is 0.329 e. The fraction of sp³-hybridized carbons (Fsp3) is 0.222. The molecule has 6 heteroatoms. The molecule has 3 aromatic carbocycles. The molecular weight excluding hydrogens is 478 g/mol. The van der Waals surface area contributed by atoms with Crippen molar-refractivity contribution in [1.29, 1.82) is 0 Å². The van der Waals surface area contributed by atoms with Crippen molar-refractivity contribution in [3.8, 4) is 5.69 Å². The molecule has 5 nitrogen and oxygen atoms in total. The van der Waals surface area contributed by atoms with Crippen molar-refractivity contribution in [3.63, 3.8) is 0 Å². The fourth-order valence-electron chi connectivity index (χ4n) is 4.21. The summed E-state index contributed by atoms with van der Waals surface area (Å²) < 4.78 is 2.53. The van der Waals surface area contributed by atoms with E-state index in [2.05, 4.69) is 22.9 Å². The Balaban J connectivity index is 1.93. The Kier molecular flexibility index (Phi) is 6.75. The van der Waals surface area contributed by atoms with Crippen LogP contribution in [0.5, 0.6) is 0 Å². The third-order valence-corrected chi connectivity index (χ3v) is 6.42. The highest BCUT2D eigenvalue weighted by molar-refractivity contribution is 9.10. The van der Waals surface area contributed by atoms with Gasteiger partial charge in [-0.05, 0) is 62.2 Å². The van der Waals surface area contributed by atoms with Gasteiger partial charge in [0.15, 0.2) is 0 Å². The second-order valence-corrected chi connectivity index (χ2v) is 8.80. The highest BCUT2D eigenvalue weighted by Gasteiger charge is 2.27. The average Bonchev–Trinajstić information content (AvgIpc) is 2.84. The monoisotopic (exact) mass is 503 g/mol. The molecule has 1 aromatic heterocycles. The lowest BCUT2D eigenvalue weighted by Gasteiger charge is -2.30. The molecule has 0 aliphatic heterocycles. The summed E-state index contributed by atoms with van der Waals surface area (Å²) in [5.41, 5.74) is 2.93. The van der Waals surface area contributed by atoms with Crippen molar-refractivity contribution >= 4 is 32.7 Å². The number of halogens is 1. The van der Waals surface area contributed by atoms with Gasteiger partial charge < -0.3 is 4.90 Å². The third-order valence-electron chi connectivity index (χ3n) is 5.93. The Morgan fingerprint density at radius 1 is 1.03 bits per heavy atom. The topological polar surface area (TPSA) is 55.2 Å². The quantitative estimate of drug-likeness (QED) is 0.327. The molecule has 0 radical (unpaired) electrons. The van der Waals surface area contributed by atoms with E-state index in [1.54, 1.807) is 21.6 Å². The van der Waals surface area contributed by atoms with Crippen molar-refractivity contribution in [2.75, 3.05) is 6.54 Å². The Morgan fingerprint density at radius 3 is 2.48 bits per heavy atom. The standard InChI is InChI=1S/C27H26BrN3O2/c1-4-19-11-6-9-16-24(19)31-25(29-23-15-8-7-14-22(23)27(31)33)18(3)30(5-2)26(32)20-12-10-13-21(28)17-20/h6-18H,4-5H2,1-3H3. The Bertz CT molecular complexity index is 1380. The summed E-state index contributed by atoms with van der Waals surface area (Å²) in [6.07, 6.45) is 0.776.